The van der Waals surface area contributed by atoms with Crippen LogP contribution in [0.25, 0.3) is 0 Å². The number of nitrogens with zero attached hydrogens (tertiary/aromatic N) is 1. The van der Waals surface area contributed by atoms with Crippen molar-refractivity contribution < 1.29 is 22.4 Å². The van der Waals surface area contributed by atoms with Crippen LogP contribution in [0.1, 0.15) is 18.9 Å². The summed E-state index contributed by atoms with van der Waals surface area (Å²) in [5.41, 5.74) is 1.87. The minimum Gasteiger partial charge on any atom is -0.326 e. The van der Waals surface area contributed by atoms with Crippen molar-refractivity contribution in [2.45, 2.75) is 24.7 Å². The molecule has 6 nitrogen and oxygen atoms in total. The van der Waals surface area contributed by atoms with E-state index in [0.717, 1.165) is 5.56 Å². The maximum Gasteiger partial charge on any atom is 0.225 e. The molecule has 2 aromatic rings. The first-order valence-corrected chi connectivity index (χ1v) is 11.0. The van der Waals surface area contributed by atoms with Gasteiger partial charge in [0.15, 0.2) is 9.84 Å². The van der Waals surface area contributed by atoms with Crippen molar-refractivity contribution in [3.8, 4) is 0 Å². The average Bonchev–Trinajstić information content (AvgIpc) is 3.04. The molecule has 0 radical (unpaired) electrons. The van der Waals surface area contributed by atoms with Crippen molar-refractivity contribution in [3.05, 3.63) is 52.3 Å². The highest BCUT2D eigenvalue weighted by molar-refractivity contribution is 9.10. The van der Waals surface area contributed by atoms with Gasteiger partial charge in [-0.05, 0) is 64.3 Å². The van der Waals surface area contributed by atoms with Crippen molar-refractivity contribution in [3.63, 3.8) is 0 Å². The fraction of sp³-hybridized carbons (Fsp3) is 0.263. The molecule has 0 bridgehead atoms. The van der Waals surface area contributed by atoms with E-state index in [-0.39, 0.29) is 17.2 Å². The largest absolute Gasteiger partial charge is 0.326 e. The first kappa shape index (κ1) is 20.5. The van der Waals surface area contributed by atoms with Crippen LogP contribution >= 0.6 is 15.9 Å². The number of hydrogen-bond donors (Lipinski definition) is 1. The molecule has 0 atom stereocenters. The Hall–Kier alpha value is -2.26. The van der Waals surface area contributed by atoms with Crippen LogP contribution in [0.4, 0.5) is 15.8 Å². The van der Waals surface area contributed by atoms with Crippen molar-refractivity contribution in [1.82, 2.24) is 0 Å². The van der Waals surface area contributed by atoms with Crippen LogP contribution in [-0.2, 0) is 25.8 Å². The van der Waals surface area contributed by atoms with Crippen molar-refractivity contribution in [2.24, 2.45) is 0 Å². The molecule has 1 aliphatic rings. The predicted molar refractivity (Wildman–Crippen MR) is 108 cm³/mol. The van der Waals surface area contributed by atoms with Gasteiger partial charge in [0.05, 0.1) is 10.6 Å². The van der Waals surface area contributed by atoms with E-state index in [9.17, 15) is 22.4 Å². The Bertz CT molecular complexity index is 1040. The lowest BCUT2D eigenvalue weighted by molar-refractivity contribution is -0.117. The van der Waals surface area contributed by atoms with E-state index >= 15 is 0 Å². The van der Waals surface area contributed by atoms with Crippen LogP contribution < -0.4 is 10.2 Å². The molecule has 0 unspecified atom stereocenters. The Morgan fingerprint density at radius 2 is 1.89 bits per heavy atom. The lowest BCUT2D eigenvalue weighted by Crippen LogP contribution is -2.26. The number of hydrogen-bond acceptors (Lipinski definition) is 4. The van der Waals surface area contributed by atoms with E-state index in [1.807, 2.05) is 0 Å². The van der Waals surface area contributed by atoms with E-state index in [1.54, 1.807) is 11.0 Å². The van der Waals surface area contributed by atoms with Gasteiger partial charge in [0.2, 0.25) is 11.8 Å². The van der Waals surface area contributed by atoms with Crippen molar-refractivity contribution in [2.75, 3.05) is 22.5 Å². The van der Waals surface area contributed by atoms with Gasteiger partial charge in [-0.2, -0.15) is 0 Å². The monoisotopic (exact) mass is 468 g/mol. The topological polar surface area (TPSA) is 83.6 Å². The maximum absolute atomic E-state index is 12.9. The molecule has 1 aliphatic heterocycles. The summed E-state index contributed by atoms with van der Waals surface area (Å²) < 4.78 is 38.9. The molecule has 0 saturated carbocycles. The Morgan fingerprint density at radius 1 is 1.21 bits per heavy atom. The molecule has 0 aromatic heterocycles. The summed E-state index contributed by atoms with van der Waals surface area (Å²) in [6.45, 7) is 1.95. The van der Waals surface area contributed by atoms with Gasteiger partial charge in [-0.3, -0.25) is 9.59 Å². The number of amides is 2. The fourth-order valence-electron chi connectivity index (χ4n) is 3.05. The zero-order valence-corrected chi connectivity index (χ0v) is 17.4. The highest BCUT2D eigenvalue weighted by Gasteiger charge is 2.27. The van der Waals surface area contributed by atoms with E-state index in [1.165, 1.54) is 37.3 Å². The normalized spacial score (nSPS) is 13.3. The Balaban J connectivity index is 1.74. The van der Waals surface area contributed by atoms with Gasteiger partial charge in [-0.15, -0.1) is 0 Å². The number of benzene rings is 2. The second kappa shape index (κ2) is 8.00. The van der Waals surface area contributed by atoms with Gasteiger partial charge in [0, 0.05) is 35.7 Å². The minimum absolute atomic E-state index is 0.0500. The molecule has 0 saturated heterocycles. The van der Waals surface area contributed by atoms with Gasteiger partial charge < -0.3 is 10.2 Å². The van der Waals surface area contributed by atoms with Gasteiger partial charge in [-0.25, -0.2) is 12.8 Å². The van der Waals surface area contributed by atoms with Crippen LogP contribution in [0, 0.1) is 5.82 Å². The number of halogens is 2. The molecule has 1 heterocycles. The third-order valence-corrected chi connectivity index (χ3v) is 7.14. The van der Waals surface area contributed by atoms with Gasteiger partial charge in [0.1, 0.15) is 5.82 Å². The van der Waals surface area contributed by atoms with Crippen LogP contribution in [0.5, 0.6) is 0 Å². The Morgan fingerprint density at radius 3 is 2.54 bits per heavy atom. The number of sulfone groups is 1. The Labute approximate surface area is 170 Å². The molecule has 0 spiro atoms. The maximum atomic E-state index is 12.9. The lowest BCUT2D eigenvalue weighted by atomic mass is 10.2. The molecule has 28 heavy (non-hydrogen) atoms. The highest BCUT2D eigenvalue weighted by atomic mass is 79.9. The summed E-state index contributed by atoms with van der Waals surface area (Å²) in [5.74, 6) is -1.46. The van der Waals surface area contributed by atoms with Crippen LogP contribution in [-0.4, -0.2) is 32.5 Å². The van der Waals surface area contributed by atoms with Gasteiger partial charge in [0.25, 0.3) is 0 Å². The predicted octanol–water partition coefficient (Wildman–Crippen LogP) is 3.30. The summed E-state index contributed by atoms with van der Waals surface area (Å²) >= 11 is 3.29. The van der Waals surface area contributed by atoms with E-state index in [4.69, 9.17) is 0 Å². The van der Waals surface area contributed by atoms with E-state index < -0.39 is 27.3 Å². The molecule has 1 N–H and O–H groups in total. The SMILES string of the molecule is CC(=O)N1CCc2cc(Br)c(S(=O)(=O)CCC(=O)Nc3ccc(F)cc3)cc21. The summed E-state index contributed by atoms with van der Waals surface area (Å²) in [5, 5.41) is 2.54. The molecular weight excluding hydrogens is 451 g/mol. The molecular formula is C19H18BrFN2O4S. The summed E-state index contributed by atoms with van der Waals surface area (Å²) in [6.07, 6.45) is 0.410. The third-order valence-electron chi connectivity index (χ3n) is 4.47. The van der Waals surface area contributed by atoms with Gasteiger partial charge in [-0.1, -0.05) is 0 Å². The molecule has 0 aliphatic carbocycles. The smallest absolute Gasteiger partial charge is 0.225 e. The first-order chi connectivity index (χ1) is 13.2. The molecule has 2 aromatic carbocycles. The Kier molecular flexibility index (Phi) is 5.85. The number of nitrogens with one attached hydrogen (secondary N) is 1. The fourth-order valence-corrected chi connectivity index (χ4v) is 5.50. The van der Waals surface area contributed by atoms with Gasteiger partial charge >= 0.3 is 0 Å². The molecule has 9 heteroatoms. The minimum atomic E-state index is -3.76. The third kappa shape index (κ3) is 4.41. The number of carbonyl (C=O) groups is 2. The molecule has 148 valence electrons. The molecule has 3 rings (SSSR count). The summed E-state index contributed by atoms with van der Waals surface area (Å²) in [7, 11) is -3.76. The average molecular weight is 469 g/mol. The lowest BCUT2D eigenvalue weighted by Gasteiger charge is -2.16. The zero-order valence-electron chi connectivity index (χ0n) is 15.0. The summed E-state index contributed by atoms with van der Waals surface area (Å²) in [4.78, 5) is 25.4. The second-order valence-corrected chi connectivity index (χ2v) is 9.39. The highest BCUT2D eigenvalue weighted by Crippen LogP contribution is 2.36. The van der Waals surface area contributed by atoms with Crippen molar-refractivity contribution in [1.29, 1.82) is 0 Å². The summed E-state index contributed by atoms with van der Waals surface area (Å²) in [6, 6.07) is 8.40. The molecule has 0 fully saturated rings. The number of carbonyl (C=O) groups excluding carboxylic acids is 2. The quantitative estimate of drug-likeness (QED) is 0.729. The second-order valence-electron chi connectivity index (χ2n) is 6.46. The number of rotatable bonds is 5. The van der Waals surface area contributed by atoms with Crippen LogP contribution in [0.3, 0.4) is 0 Å². The van der Waals surface area contributed by atoms with E-state index in [0.29, 0.717) is 28.8 Å². The van der Waals surface area contributed by atoms with E-state index in [2.05, 4.69) is 21.2 Å². The van der Waals surface area contributed by atoms with Crippen molar-refractivity contribution >= 4 is 49.0 Å². The number of fused-ring (bicyclic) bond motifs is 1. The van der Waals surface area contributed by atoms with Crippen LogP contribution in [0.2, 0.25) is 0 Å². The first-order valence-electron chi connectivity index (χ1n) is 8.56. The standard InChI is InChI=1S/C19H18BrFN2O4S/c1-12(24)23-8-6-13-10-16(20)18(11-17(13)23)28(26,27)9-7-19(25)22-15-4-2-14(21)3-5-15/h2-5,10-11H,6-9H2,1H3,(H,22,25). The van der Waals surface area contributed by atoms with Crippen LogP contribution in [0.15, 0.2) is 45.8 Å². The molecule has 2 amide bonds. The zero-order chi connectivity index (χ0) is 20.5. The number of anilines is 2.